The summed E-state index contributed by atoms with van der Waals surface area (Å²) in [7, 11) is 0. The van der Waals surface area contributed by atoms with Gasteiger partial charge in [0.05, 0.1) is 5.92 Å². The first-order valence-corrected chi connectivity index (χ1v) is 10.3. The van der Waals surface area contributed by atoms with Crippen LogP contribution in [-0.4, -0.2) is 23.0 Å². The molecule has 8 heteroatoms. The third kappa shape index (κ3) is 4.98. The molecule has 26 heavy (non-hydrogen) atoms. The van der Waals surface area contributed by atoms with Gasteiger partial charge in [-0.2, -0.15) is 0 Å². The lowest BCUT2D eigenvalue weighted by Crippen LogP contribution is -2.48. The molecule has 2 aromatic rings. The predicted octanol–water partition coefficient (Wildman–Crippen LogP) is 3.77. The van der Waals surface area contributed by atoms with Crippen LogP contribution in [0.2, 0.25) is 0 Å². The highest BCUT2D eigenvalue weighted by Crippen LogP contribution is 2.31. The third-order valence-corrected chi connectivity index (χ3v) is 6.43. The quantitative estimate of drug-likeness (QED) is 0.724. The van der Waals surface area contributed by atoms with E-state index in [0.717, 1.165) is 40.6 Å². The van der Waals surface area contributed by atoms with E-state index in [1.54, 1.807) is 23.1 Å². The molecule has 4 N–H and O–H groups in total. The third-order valence-electron chi connectivity index (χ3n) is 4.36. The topological polar surface area (TPSA) is 97.1 Å². The minimum Gasteiger partial charge on any atom is -0.369 e. The number of benzene rings is 1. The smallest absolute Gasteiger partial charge is 0.319 e. The summed E-state index contributed by atoms with van der Waals surface area (Å²) in [6.07, 6.45) is 3.49. The monoisotopic (exact) mass is 390 g/mol. The number of carbonyl (C=O) groups is 2. The molecule has 3 rings (SSSR count). The number of thiazole rings is 1. The van der Waals surface area contributed by atoms with Gasteiger partial charge in [0.2, 0.25) is 5.91 Å². The summed E-state index contributed by atoms with van der Waals surface area (Å²) in [6.45, 7) is 1.97. The van der Waals surface area contributed by atoms with Crippen LogP contribution in [0.5, 0.6) is 0 Å². The molecule has 1 aromatic heterocycles. The van der Waals surface area contributed by atoms with E-state index in [9.17, 15) is 9.59 Å². The Morgan fingerprint density at radius 2 is 1.96 bits per heavy atom. The molecule has 1 aromatic carbocycles. The van der Waals surface area contributed by atoms with Gasteiger partial charge in [0, 0.05) is 27.7 Å². The second kappa shape index (κ2) is 8.55. The number of hydrogen-bond donors (Lipinski definition) is 3. The fourth-order valence-corrected chi connectivity index (χ4v) is 4.88. The van der Waals surface area contributed by atoms with E-state index in [0.29, 0.717) is 5.69 Å². The summed E-state index contributed by atoms with van der Waals surface area (Å²) in [5.41, 5.74) is 7.17. The summed E-state index contributed by atoms with van der Waals surface area (Å²) in [4.78, 5) is 29.3. The molecular formula is C18H22N4O2S2. The first-order valence-electron chi connectivity index (χ1n) is 8.58. The maximum absolute atomic E-state index is 12.2. The van der Waals surface area contributed by atoms with Gasteiger partial charge in [-0.15, -0.1) is 11.3 Å². The van der Waals surface area contributed by atoms with Gasteiger partial charge >= 0.3 is 6.03 Å². The summed E-state index contributed by atoms with van der Waals surface area (Å²) in [5.74, 6) is -0.621. The second-order valence-corrected chi connectivity index (χ2v) is 8.56. The van der Waals surface area contributed by atoms with Gasteiger partial charge in [-0.25, -0.2) is 9.78 Å². The molecule has 0 saturated heterocycles. The number of nitrogens with two attached hydrogens (primary N) is 1. The number of anilines is 1. The lowest BCUT2D eigenvalue weighted by Gasteiger charge is -2.29. The van der Waals surface area contributed by atoms with Gasteiger partial charge in [-0.1, -0.05) is 24.6 Å². The molecule has 1 heterocycles. The van der Waals surface area contributed by atoms with E-state index in [4.69, 9.17) is 5.73 Å². The molecule has 2 unspecified atom stereocenters. The minimum atomic E-state index is -0.339. The fourth-order valence-electron chi connectivity index (χ4n) is 3.07. The highest BCUT2D eigenvalue weighted by molar-refractivity contribution is 8.01. The lowest BCUT2D eigenvalue weighted by atomic mass is 9.84. The van der Waals surface area contributed by atoms with Gasteiger partial charge in [0.25, 0.3) is 0 Å². The molecule has 1 aliphatic rings. The predicted molar refractivity (Wildman–Crippen MR) is 105 cm³/mol. The number of urea groups is 1. The number of hydrogen-bond acceptors (Lipinski definition) is 5. The number of primary amides is 1. The van der Waals surface area contributed by atoms with Gasteiger partial charge in [0.1, 0.15) is 0 Å². The molecule has 6 nitrogen and oxygen atoms in total. The van der Waals surface area contributed by atoms with Crippen molar-refractivity contribution < 1.29 is 9.59 Å². The number of amides is 3. The SMILES string of the molecule is Cc1csc(Sc2ccc(NC(=O)NC3CCCCC3C(N)=O)cc2)n1. The summed E-state index contributed by atoms with van der Waals surface area (Å²) >= 11 is 3.21. The largest absolute Gasteiger partial charge is 0.369 e. The van der Waals surface area contributed by atoms with Crippen LogP contribution in [0.25, 0.3) is 0 Å². The molecule has 1 saturated carbocycles. The zero-order valence-electron chi connectivity index (χ0n) is 14.5. The van der Waals surface area contributed by atoms with E-state index in [1.807, 2.05) is 36.6 Å². The van der Waals surface area contributed by atoms with Crippen LogP contribution in [0, 0.1) is 12.8 Å². The molecule has 2 atom stereocenters. The Labute approximate surface area is 161 Å². The molecule has 0 bridgehead atoms. The average Bonchev–Trinajstić information content (AvgIpc) is 3.02. The van der Waals surface area contributed by atoms with Crippen molar-refractivity contribution in [3.63, 3.8) is 0 Å². The van der Waals surface area contributed by atoms with Gasteiger partial charge in [-0.05, 0) is 44.0 Å². The number of rotatable bonds is 5. The zero-order valence-corrected chi connectivity index (χ0v) is 16.2. The van der Waals surface area contributed by atoms with Crippen LogP contribution in [0.4, 0.5) is 10.5 Å². The number of nitrogens with zero attached hydrogens (tertiary/aromatic N) is 1. The Hall–Kier alpha value is -2.06. The van der Waals surface area contributed by atoms with Crippen LogP contribution in [0.3, 0.4) is 0 Å². The number of nitrogens with one attached hydrogen (secondary N) is 2. The Balaban J connectivity index is 1.54. The first-order chi connectivity index (χ1) is 12.5. The van der Waals surface area contributed by atoms with Crippen LogP contribution in [-0.2, 0) is 4.79 Å². The summed E-state index contributed by atoms with van der Waals surface area (Å²) < 4.78 is 0.996. The van der Waals surface area contributed by atoms with Crippen molar-refractivity contribution in [3.05, 3.63) is 35.3 Å². The van der Waals surface area contributed by atoms with Crippen LogP contribution in [0.15, 0.2) is 38.9 Å². The highest BCUT2D eigenvalue weighted by Gasteiger charge is 2.30. The van der Waals surface area contributed by atoms with Gasteiger partial charge in [0.15, 0.2) is 4.34 Å². The molecular weight excluding hydrogens is 368 g/mol. The van der Waals surface area contributed by atoms with E-state index < -0.39 is 0 Å². The Bertz CT molecular complexity index is 776. The van der Waals surface area contributed by atoms with Crippen molar-refractivity contribution in [2.24, 2.45) is 11.7 Å². The Morgan fingerprint density at radius 3 is 2.62 bits per heavy atom. The lowest BCUT2D eigenvalue weighted by molar-refractivity contribution is -0.123. The minimum absolute atomic E-state index is 0.191. The summed E-state index contributed by atoms with van der Waals surface area (Å²) in [6, 6.07) is 7.11. The number of carbonyl (C=O) groups excluding carboxylic acids is 2. The normalized spacial score (nSPS) is 19.7. The van der Waals surface area contributed by atoms with E-state index in [2.05, 4.69) is 15.6 Å². The average molecular weight is 391 g/mol. The van der Waals surface area contributed by atoms with Gasteiger partial charge < -0.3 is 16.4 Å². The Morgan fingerprint density at radius 1 is 1.23 bits per heavy atom. The van der Waals surface area contributed by atoms with Gasteiger partial charge in [-0.3, -0.25) is 4.79 Å². The van der Waals surface area contributed by atoms with Crippen LogP contribution < -0.4 is 16.4 Å². The van der Waals surface area contributed by atoms with Crippen LogP contribution in [0.1, 0.15) is 31.4 Å². The molecule has 0 spiro atoms. The van der Waals surface area contributed by atoms with Crippen molar-refractivity contribution >= 4 is 40.7 Å². The maximum atomic E-state index is 12.2. The summed E-state index contributed by atoms with van der Waals surface area (Å²) in [5, 5.41) is 7.73. The van der Waals surface area contributed by atoms with E-state index >= 15 is 0 Å². The molecule has 1 fully saturated rings. The van der Waals surface area contributed by atoms with E-state index in [-0.39, 0.29) is 23.9 Å². The number of aromatic nitrogens is 1. The fraction of sp³-hybridized carbons (Fsp3) is 0.389. The van der Waals surface area contributed by atoms with Crippen molar-refractivity contribution in [2.75, 3.05) is 5.32 Å². The maximum Gasteiger partial charge on any atom is 0.319 e. The standard InChI is InChI=1S/C18H22N4O2S2/c1-11-10-25-18(20-11)26-13-8-6-12(7-9-13)21-17(24)22-15-5-3-2-4-14(15)16(19)23/h6-10,14-15H,2-5H2,1H3,(H2,19,23)(H2,21,22,24). The van der Waals surface area contributed by atoms with Crippen molar-refractivity contribution in [2.45, 2.75) is 47.9 Å². The van der Waals surface area contributed by atoms with Crippen molar-refractivity contribution in [1.29, 1.82) is 0 Å². The van der Waals surface area contributed by atoms with Crippen LogP contribution >= 0.6 is 23.1 Å². The first kappa shape index (κ1) is 18.7. The van der Waals surface area contributed by atoms with Crippen molar-refractivity contribution in [3.8, 4) is 0 Å². The molecule has 0 aliphatic heterocycles. The highest BCUT2D eigenvalue weighted by atomic mass is 32.2. The molecule has 0 radical (unpaired) electrons. The molecule has 138 valence electrons. The van der Waals surface area contributed by atoms with Crippen molar-refractivity contribution in [1.82, 2.24) is 10.3 Å². The molecule has 3 amide bonds. The zero-order chi connectivity index (χ0) is 18.5. The number of aryl methyl sites for hydroxylation is 1. The second-order valence-electron chi connectivity index (χ2n) is 6.38. The molecule has 1 aliphatic carbocycles. The van der Waals surface area contributed by atoms with E-state index in [1.165, 1.54) is 0 Å². The Kier molecular flexibility index (Phi) is 6.16.